The summed E-state index contributed by atoms with van der Waals surface area (Å²) in [5.74, 6) is -0.441. The molecule has 1 aromatic rings. The fraction of sp³-hybridized carbons (Fsp3) is 0.385. The summed E-state index contributed by atoms with van der Waals surface area (Å²) in [7, 11) is 0. The van der Waals surface area contributed by atoms with Gasteiger partial charge in [0.1, 0.15) is 0 Å². The lowest BCUT2D eigenvalue weighted by molar-refractivity contribution is -0.137. The highest BCUT2D eigenvalue weighted by Crippen LogP contribution is 2.20. The highest BCUT2D eigenvalue weighted by atomic mass is 32.2. The van der Waals surface area contributed by atoms with Gasteiger partial charge in [-0.25, -0.2) is 0 Å². The van der Waals surface area contributed by atoms with Crippen molar-refractivity contribution >= 4 is 29.3 Å². The molecular formula is C13H17NO3S. The number of rotatable bonds is 6. The minimum Gasteiger partial charge on any atom is -0.481 e. The zero-order valence-electron chi connectivity index (χ0n) is 10.5. The van der Waals surface area contributed by atoms with Crippen molar-refractivity contribution in [2.75, 3.05) is 17.3 Å². The second-order valence-corrected chi connectivity index (χ2v) is 4.97. The molecule has 1 amide bonds. The maximum atomic E-state index is 11.4. The second kappa shape index (κ2) is 7.06. The Labute approximate surface area is 111 Å². The number of carbonyl (C=O) groups excluding carboxylic acids is 1. The van der Waals surface area contributed by atoms with Crippen molar-refractivity contribution in [3.05, 3.63) is 29.8 Å². The molecule has 0 bridgehead atoms. The number of anilines is 1. The third kappa shape index (κ3) is 4.79. The van der Waals surface area contributed by atoms with Gasteiger partial charge in [-0.15, -0.1) is 0 Å². The molecule has 0 fully saturated rings. The molecule has 0 heterocycles. The lowest BCUT2D eigenvalue weighted by Gasteiger charge is -2.10. The van der Waals surface area contributed by atoms with Gasteiger partial charge < -0.3 is 10.4 Å². The molecule has 98 valence electrons. The van der Waals surface area contributed by atoms with E-state index in [1.54, 1.807) is 12.1 Å². The number of thioether (sulfide) groups is 1. The number of aliphatic carboxylic acids is 1. The van der Waals surface area contributed by atoms with Crippen LogP contribution in [-0.2, 0) is 9.59 Å². The summed E-state index contributed by atoms with van der Waals surface area (Å²) in [6.45, 7) is 1.87. The van der Waals surface area contributed by atoms with Crippen molar-refractivity contribution in [1.29, 1.82) is 0 Å². The summed E-state index contributed by atoms with van der Waals surface area (Å²) in [4.78, 5) is 22.0. The summed E-state index contributed by atoms with van der Waals surface area (Å²) in [6.07, 6.45) is 1.98. The van der Waals surface area contributed by atoms with Crippen LogP contribution in [0, 0.1) is 0 Å². The summed E-state index contributed by atoms with van der Waals surface area (Å²) in [6, 6.07) is 7.29. The van der Waals surface area contributed by atoms with Gasteiger partial charge in [-0.1, -0.05) is 19.1 Å². The third-order valence-corrected chi connectivity index (χ3v) is 3.07. The van der Waals surface area contributed by atoms with E-state index in [2.05, 4.69) is 5.32 Å². The average Bonchev–Trinajstić information content (AvgIpc) is 2.29. The first-order chi connectivity index (χ1) is 8.52. The Morgan fingerprint density at radius 3 is 2.44 bits per heavy atom. The SMILES string of the molecule is CSCC(=O)Nc1ccc(C(C)CC(=O)O)cc1. The van der Waals surface area contributed by atoms with Crippen LogP contribution >= 0.6 is 11.8 Å². The topological polar surface area (TPSA) is 66.4 Å². The van der Waals surface area contributed by atoms with Gasteiger partial charge in [0, 0.05) is 5.69 Å². The normalized spacial score (nSPS) is 11.9. The van der Waals surface area contributed by atoms with E-state index in [1.165, 1.54) is 11.8 Å². The van der Waals surface area contributed by atoms with E-state index in [0.29, 0.717) is 5.75 Å². The number of hydrogen-bond acceptors (Lipinski definition) is 3. The van der Waals surface area contributed by atoms with Crippen LogP contribution in [-0.4, -0.2) is 29.0 Å². The van der Waals surface area contributed by atoms with Gasteiger partial charge in [-0.3, -0.25) is 9.59 Å². The quantitative estimate of drug-likeness (QED) is 0.831. The molecule has 18 heavy (non-hydrogen) atoms. The summed E-state index contributed by atoms with van der Waals surface area (Å²) in [5.41, 5.74) is 1.69. The molecule has 0 spiro atoms. The standard InChI is InChI=1S/C13H17NO3S/c1-9(7-13(16)17)10-3-5-11(6-4-10)14-12(15)8-18-2/h3-6,9H,7-8H2,1-2H3,(H,14,15)(H,16,17). The summed E-state index contributed by atoms with van der Waals surface area (Å²) < 4.78 is 0. The van der Waals surface area contributed by atoms with Gasteiger partial charge in [-0.05, 0) is 29.9 Å². The molecule has 1 unspecified atom stereocenters. The number of benzene rings is 1. The lowest BCUT2D eigenvalue weighted by atomic mass is 9.98. The fourth-order valence-corrected chi connectivity index (χ4v) is 1.94. The molecule has 1 atom stereocenters. The van der Waals surface area contributed by atoms with Gasteiger partial charge in [0.2, 0.25) is 5.91 Å². The van der Waals surface area contributed by atoms with Gasteiger partial charge in [-0.2, -0.15) is 11.8 Å². The molecule has 0 aliphatic heterocycles. The van der Waals surface area contributed by atoms with E-state index >= 15 is 0 Å². The van der Waals surface area contributed by atoms with Crippen LogP contribution in [0.15, 0.2) is 24.3 Å². The zero-order chi connectivity index (χ0) is 13.5. The van der Waals surface area contributed by atoms with E-state index in [0.717, 1.165) is 11.3 Å². The Balaban J connectivity index is 2.62. The molecule has 0 saturated heterocycles. The molecule has 4 nitrogen and oxygen atoms in total. The Morgan fingerprint density at radius 2 is 1.94 bits per heavy atom. The molecule has 0 aliphatic rings. The van der Waals surface area contributed by atoms with Crippen LogP contribution in [0.5, 0.6) is 0 Å². The molecular weight excluding hydrogens is 250 g/mol. The number of carboxylic acid groups (broad SMARTS) is 1. The van der Waals surface area contributed by atoms with Crippen LogP contribution < -0.4 is 5.32 Å². The largest absolute Gasteiger partial charge is 0.481 e. The van der Waals surface area contributed by atoms with E-state index in [9.17, 15) is 9.59 Å². The molecule has 0 radical (unpaired) electrons. The molecule has 0 aromatic heterocycles. The van der Waals surface area contributed by atoms with Gasteiger partial charge >= 0.3 is 5.97 Å². The number of nitrogens with one attached hydrogen (secondary N) is 1. The Kier molecular flexibility index (Phi) is 5.71. The van der Waals surface area contributed by atoms with Crippen LogP contribution in [0.25, 0.3) is 0 Å². The first kappa shape index (κ1) is 14.6. The predicted octanol–water partition coefficient (Wildman–Crippen LogP) is 2.57. The Bertz CT molecular complexity index is 417. The fourth-order valence-electron chi connectivity index (χ4n) is 1.60. The Morgan fingerprint density at radius 1 is 1.33 bits per heavy atom. The van der Waals surface area contributed by atoms with E-state index < -0.39 is 5.97 Å². The van der Waals surface area contributed by atoms with Gasteiger partial charge in [0.05, 0.1) is 12.2 Å². The molecule has 0 saturated carbocycles. The number of carbonyl (C=O) groups is 2. The van der Waals surface area contributed by atoms with E-state index in [-0.39, 0.29) is 18.2 Å². The van der Waals surface area contributed by atoms with Crippen molar-refractivity contribution in [2.24, 2.45) is 0 Å². The first-order valence-electron chi connectivity index (χ1n) is 5.63. The lowest BCUT2D eigenvalue weighted by Crippen LogP contribution is -2.13. The maximum Gasteiger partial charge on any atom is 0.303 e. The van der Waals surface area contributed by atoms with Gasteiger partial charge in [0.15, 0.2) is 0 Å². The highest BCUT2D eigenvalue weighted by molar-refractivity contribution is 7.99. The van der Waals surface area contributed by atoms with Crippen LogP contribution in [0.3, 0.4) is 0 Å². The zero-order valence-corrected chi connectivity index (χ0v) is 11.3. The number of hydrogen-bond donors (Lipinski definition) is 2. The molecule has 2 N–H and O–H groups in total. The smallest absolute Gasteiger partial charge is 0.303 e. The minimum absolute atomic E-state index is 0.0292. The van der Waals surface area contributed by atoms with Crippen LogP contribution in [0.4, 0.5) is 5.69 Å². The predicted molar refractivity (Wildman–Crippen MR) is 74.1 cm³/mol. The molecule has 1 aromatic carbocycles. The second-order valence-electron chi connectivity index (χ2n) is 4.10. The average molecular weight is 267 g/mol. The van der Waals surface area contributed by atoms with E-state index in [4.69, 9.17) is 5.11 Å². The van der Waals surface area contributed by atoms with Crippen LogP contribution in [0.1, 0.15) is 24.8 Å². The maximum absolute atomic E-state index is 11.4. The van der Waals surface area contributed by atoms with Crippen molar-refractivity contribution < 1.29 is 14.7 Å². The van der Waals surface area contributed by atoms with E-state index in [1.807, 2.05) is 25.3 Å². The van der Waals surface area contributed by atoms with Gasteiger partial charge in [0.25, 0.3) is 0 Å². The van der Waals surface area contributed by atoms with Crippen molar-refractivity contribution in [2.45, 2.75) is 19.3 Å². The first-order valence-corrected chi connectivity index (χ1v) is 7.03. The summed E-state index contributed by atoms with van der Waals surface area (Å²) >= 11 is 1.47. The number of amides is 1. The monoisotopic (exact) mass is 267 g/mol. The third-order valence-electron chi connectivity index (χ3n) is 2.52. The molecule has 1 rings (SSSR count). The van der Waals surface area contributed by atoms with Crippen molar-refractivity contribution in [3.8, 4) is 0 Å². The highest BCUT2D eigenvalue weighted by Gasteiger charge is 2.10. The molecule has 5 heteroatoms. The van der Waals surface area contributed by atoms with Crippen molar-refractivity contribution in [1.82, 2.24) is 0 Å². The van der Waals surface area contributed by atoms with Crippen molar-refractivity contribution in [3.63, 3.8) is 0 Å². The minimum atomic E-state index is -0.806. The summed E-state index contributed by atoms with van der Waals surface area (Å²) in [5, 5.41) is 11.5. The Hall–Kier alpha value is -1.49. The van der Waals surface area contributed by atoms with Crippen LogP contribution in [0.2, 0.25) is 0 Å². The number of carboxylic acids is 1. The molecule has 0 aliphatic carbocycles.